The first-order chi connectivity index (χ1) is 11.4. The largest absolute Gasteiger partial charge is 0.479 e. The molecule has 0 aliphatic carbocycles. The van der Waals surface area contributed by atoms with Crippen LogP contribution in [0.3, 0.4) is 0 Å². The van der Waals surface area contributed by atoms with Crippen LogP contribution in [-0.4, -0.2) is 23.0 Å². The lowest BCUT2D eigenvalue weighted by Gasteiger charge is -2.10. The highest BCUT2D eigenvalue weighted by Crippen LogP contribution is 2.35. The number of carboxylic acid groups (broad SMARTS) is 1. The quantitative estimate of drug-likeness (QED) is 0.854. The molecule has 0 radical (unpaired) electrons. The van der Waals surface area contributed by atoms with Gasteiger partial charge in [0.25, 0.3) is 0 Å². The van der Waals surface area contributed by atoms with Gasteiger partial charge in [0.15, 0.2) is 11.9 Å². The molecule has 6 heteroatoms. The lowest BCUT2D eigenvalue weighted by molar-refractivity contribution is -0.144. The summed E-state index contributed by atoms with van der Waals surface area (Å²) >= 11 is 5.84. The topological polar surface area (TPSA) is 72.8 Å². The molecule has 2 aromatic rings. The number of Topliss-reactive ketones (excluding diaryl/α,β-unsaturated/α-hetero) is 1. The molecule has 0 aromatic heterocycles. The van der Waals surface area contributed by atoms with Gasteiger partial charge in [0.05, 0.1) is 5.56 Å². The second-order valence-corrected chi connectivity index (χ2v) is 5.68. The number of fused-ring (bicyclic) bond motifs is 1. The van der Waals surface area contributed by atoms with Gasteiger partial charge in [0, 0.05) is 11.1 Å². The van der Waals surface area contributed by atoms with Gasteiger partial charge < -0.3 is 14.6 Å². The number of carbonyl (C=O) groups excluding carboxylic acids is 1. The molecule has 5 nitrogen and oxygen atoms in total. The molecular formula is C18H13ClO5. The summed E-state index contributed by atoms with van der Waals surface area (Å²) in [5.74, 6) is -0.455. The molecule has 1 aliphatic heterocycles. The van der Waals surface area contributed by atoms with E-state index in [1.807, 2.05) is 0 Å². The molecule has 0 saturated carbocycles. The maximum atomic E-state index is 12.4. The van der Waals surface area contributed by atoms with E-state index in [9.17, 15) is 9.59 Å². The maximum absolute atomic E-state index is 12.4. The molecule has 0 saturated heterocycles. The van der Waals surface area contributed by atoms with Crippen LogP contribution in [0.15, 0.2) is 48.2 Å². The molecule has 1 aliphatic rings. The van der Waals surface area contributed by atoms with Crippen molar-refractivity contribution in [1.29, 1.82) is 0 Å². The Morgan fingerprint density at radius 3 is 2.62 bits per heavy atom. The fourth-order valence-corrected chi connectivity index (χ4v) is 2.33. The third-order valence-corrected chi connectivity index (χ3v) is 3.72. The zero-order valence-corrected chi connectivity index (χ0v) is 13.4. The number of carbonyl (C=O) groups is 2. The van der Waals surface area contributed by atoms with Gasteiger partial charge in [-0.3, -0.25) is 4.79 Å². The fraction of sp³-hybridized carbons (Fsp3) is 0.111. The van der Waals surface area contributed by atoms with Crippen molar-refractivity contribution < 1.29 is 24.2 Å². The number of hydrogen-bond acceptors (Lipinski definition) is 4. The van der Waals surface area contributed by atoms with E-state index in [1.165, 1.54) is 13.0 Å². The molecule has 2 aromatic carbocycles. The summed E-state index contributed by atoms with van der Waals surface area (Å²) in [4.78, 5) is 23.2. The summed E-state index contributed by atoms with van der Waals surface area (Å²) in [6.07, 6.45) is 0.628. The highest BCUT2D eigenvalue weighted by Gasteiger charge is 2.28. The van der Waals surface area contributed by atoms with Crippen LogP contribution in [0.2, 0.25) is 5.02 Å². The first kappa shape index (κ1) is 16.1. The van der Waals surface area contributed by atoms with E-state index in [0.717, 1.165) is 5.56 Å². The van der Waals surface area contributed by atoms with Gasteiger partial charge in [-0.15, -0.1) is 0 Å². The Balaban J connectivity index is 1.84. The molecule has 0 bridgehead atoms. The summed E-state index contributed by atoms with van der Waals surface area (Å²) in [5.41, 5.74) is 1.19. The molecule has 1 N–H and O–H groups in total. The predicted octanol–water partition coefficient (Wildman–Crippen LogP) is 3.81. The summed E-state index contributed by atoms with van der Waals surface area (Å²) in [6, 6.07) is 11.6. The number of ketones is 1. The van der Waals surface area contributed by atoms with Crippen molar-refractivity contribution in [2.45, 2.75) is 13.0 Å². The lowest BCUT2D eigenvalue weighted by Crippen LogP contribution is -2.22. The summed E-state index contributed by atoms with van der Waals surface area (Å²) in [6.45, 7) is 1.42. The van der Waals surface area contributed by atoms with E-state index in [0.29, 0.717) is 22.1 Å². The van der Waals surface area contributed by atoms with Crippen molar-refractivity contribution in [2.24, 2.45) is 0 Å². The van der Waals surface area contributed by atoms with Crippen LogP contribution in [0.1, 0.15) is 22.8 Å². The van der Waals surface area contributed by atoms with Crippen LogP contribution in [0, 0.1) is 0 Å². The average Bonchev–Trinajstić information content (AvgIpc) is 2.85. The van der Waals surface area contributed by atoms with E-state index < -0.39 is 12.1 Å². The summed E-state index contributed by atoms with van der Waals surface area (Å²) in [7, 11) is 0. The van der Waals surface area contributed by atoms with Gasteiger partial charge in [-0.25, -0.2) is 4.79 Å². The third-order valence-electron chi connectivity index (χ3n) is 3.47. The highest BCUT2D eigenvalue weighted by molar-refractivity contribution is 6.30. The minimum atomic E-state index is -1.07. The number of rotatable bonds is 4. The minimum Gasteiger partial charge on any atom is -0.479 e. The van der Waals surface area contributed by atoms with Crippen molar-refractivity contribution in [3.8, 4) is 11.5 Å². The second-order valence-electron chi connectivity index (χ2n) is 5.25. The molecular weight excluding hydrogens is 332 g/mol. The first-order valence-corrected chi connectivity index (χ1v) is 7.55. The van der Waals surface area contributed by atoms with Crippen molar-refractivity contribution >= 4 is 29.4 Å². The van der Waals surface area contributed by atoms with E-state index in [-0.39, 0.29) is 11.5 Å². The number of carboxylic acids is 1. The van der Waals surface area contributed by atoms with Crippen molar-refractivity contribution in [2.75, 3.05) is 0 Å². The Labute approximate surface area is 143 Å². The summed E-state index contributed by atoms with van der Waals surface area (Å²) < 4.78 is 10.9. The van der Waals surface area contributed by atoms with Crippen LogP contribution in [0.5, 0.6) is 11.5 Å². The smallest absolute Gasteiger partial charge is 0.344 e. The van der Waals surface area contributed by atoms with Gasteiger partial charge in [-0.2, -0.15) is 0 Å². The van der Waals surface area contributed by atoms with Gasteiger partial charge in [0.2, 0.25) is 5.78 Å². The van der Waals surface area contributed by atoms with Crippen molar-refractivity contribution in [3.05, 3.63) is 64.4 Å². The molecule has 0 spiro atoms. The normalized spacial score (nSPS) is 15.8. The third kappa shape index (κ3) is 3.26. The van der Waals surface area contributed by atoms with Crippen LogP contribution in [0.4, 0.5) is 0 Å². The standard InChI is InChI=1S/C18H13ClO5/c1-10(18(21)22)23-13-6-7-14-15(9-13)24-16(17(14)20)8-11-2-4-12(19)5-3-11/h2-10H,1H3,(H,21,22)/b16-8-. The van der Waals surface area contributed by atoms with E-state index in [1.54, 1.807) is 42.5 Å². The van der Waals surface area contributed by atoms with Gasteiger partial charge in [-0.05, 0) is 42.8 Å². The second kappa shape index (κ2) is 6.37. The SMILES string of the molecule is CC(Oc1ccc2c(c1)O/C(=C\c1ccc(Cl)cc1)C2=O)C(=O)O. The minimum absolute atomic E-state index is 0.191. The Hall–Kier alpha value is -2.79. The molecule has 0 fully saturated rings. The number of halogens is 1. The zero-order valence-electron chi connectivity index (χ0n) is 12.7. The fourth-order valence-electron chi connectivity index (χ4n) is 2.21. The number of hydrogen-bond donors (Lipinski definition) is 1. The molecule has 1 heterocycles. The van der Waals surface area contributed by atoms with E-state index in [2.05, 4.69) is 0 Å². The Kier molecular flexibility index (Phi) is 4.27. The Morgan fingerprint density at radius 2 is 1.96 bits per heavy atom. The number of allylic oxidation sites excluding steroid dienone is 1. The van der Waals surface area contributed by atoms with Gasteiger partial charge in [0.1, 0.15) is 11.5 Å². The first-order valence-electron chi connectivity index (χ1n) is 7.17. The monoisotopic (exact) mass is 344 g/mol. The van der Waals surface area contributed by atoms with Gasteiger partial charge >= 0.3 is 5.97 Å². The Bertz CT molecular complexity index is 839. The molecule has 24 heavy (non-hydrogen) atoms. The number of benzene rings is 2. The Morgan fingerprint density at radius 1 is 1.25 bits per heavy atom. The van der Waals surface area contributed by atoms with Crippen LogP contribution in [-0.2, 0) is 4.79 Å². The maximum Gasteiger partial charge on any atom is 0.344 e. The molecule has 0 amide bonds. The predicted molar refractivity (Wildman–Crippen MR) is 88.6 cm³/mol. The number of aliphatic carboxylic acids is 1. The van der Waals surface area contributed by atoms with E-state index >= 15 is 0 Å². The average molecular weight is 345 g/mol. The van der Waals surface area contributed by atoms with Crippen molar-refractivity contribution in [3.63, 3.8) is 0 Å². The van der Waals surface area contributed by atoms with Crippen LogP contribution in [0.25, 0.3) is 6.08 Å². The van der Waals surface area contributed by atoms with E-state index in [4.69, 9.17) is 26.2 Å². The van der Waals surface area contributed by atoms with Crippen LogP contribution < -0.4 is 9.47 Å². The highest BCUT2D eigenvalue weighted by atomic mass is 35.5. The molecule has 1 atom stereocenters. The van der Waals surface area contributed by atoms with Gasteiger partial charge in [-0.1, -0.05) is 23.7 Å². The summed E-state index contributed by atoms with van der Waals surface area (Å²) in [5, 5.41) is 9.48. The van der Waals surface area contributed by atoms with Crippen molar-refractivity contribution in [1.82, 2.24) is 0 Å². The molecule has 3 rings (SSSR count). The molecule has 1 unspecified atom stereocenters. The zero-order chi connectivity index (χ0) is 17.3. The van der Waals surface area contributed by atoms with Crippen LogP contribution >= 0.6 is 11.6 Å². The lowest BCUT2D eigenvalue weighted by atomic mass is 10.1. The number of ether oxygens (including phenoxy) is 2. The molecule has 122 valence electrons.